The van der Waals surface area contributed by atoms with Gasteiger partial charge in [0.05, 0.1) is 12.1 Å². The summed E-state index contributed by atoms with van der Waals surface area (Å²) in [5.74, 6) is 0.668. The van der Waals surface area contributed by atoms with Crippen molar-refractivity contribution in [3.05, 3.63) is 30.4 Å². The average molecular weight is 246 g/mol. The molecule has 2 aromatic heterocycles. The van der Waals surface area contributed by atoms with Crippen molar-refractivity contribution in [2.24, 2.45) is 5.92 Å². The molecule has 6 heteroatoms. The first-order chi connectivity index (χ1) is 8.66. The smallest absolute Gasteiger partial charge is 0.249 e. The van der Waals surface area contributed by atoms with Crippen molar-refractivity contribution in [2.75, 3.05) is 0 Å². The number of hydrogen-bond donors (Lipinski definition) is 1. The van der Waals surface area contributed by atoms with Crippen molar-refractivity contribution in [1.29, 1.82) is 0 Å². The Balaban J connectivity index is 2.01. The highest BCUT2D eigenvalue weighted by atomic mass is 16.4. The Hall–Kier alpha value is -2.24. The number of hydrogen-bond acceptors (Lipinski definition) is 5. The number of aromatic nitrogens is 3. The number of amides is 1. The fraction of sp³-hybridized carbons (Fsp3) is 0.333. The zero-order valence-electron chi connectivity index (χ0n) is 10.3. The molecule has 0 aliphatic rings. The Labute approximate surface area is 104 Å². The van der Waals surface area contributed by atoms with Crippen molar-refractivity contribution >= 4 is 5.91 Å². The fourth-order valence-electron chi connectivity index (χ4n) is 1.30. The van der Waals surface area contributed by atoms with E-state index >= 15 is 0 Å². The second kappa shape index (κ2) is 5.39. The van der Waals surface area contributed by atoms with Gasteiger partial charge in [0.1, 0.15) is 0 Å². The molecule has 2 aromatic rings. The summed E-state index contributed by atoms with van der Waals surface area (Å²) in [6.07, 6.45) is 3.31. The van der Waals surface area contributed by atoms with Crippen LogP contribution in [0, 0.1) is 5.92 Å². The third-order valence-electron chi connectivity index (χ3n) is 2.31. The van der Waals surface area contributed by atoms with E-state index in [9.17, 15) is 4.79 Å². The second-order valence-electron chi connectivity index (χ2n) is 4.12. The predicted molar refractivity (Wildman–Crippen MR) is 64.2 cm³/mol. The Morgan fingerprint density at radius 3 is 2.94 bits per heavy atom. The molecular formula is C12H14N4O2. The fourth-order valence-corrected chi connectivity index (χ4v) is 1.30. The van der Waals surface area contributed by atoms with E-state index in [0.29, 0.717) is 11.8 Å². The molecule has 0 aliphatic carbocycles. The van der Waals surface area contributed by atoms with Crippen LogP contribution in [0.5, 0.6) is 0 Å². The van der Waals surface area contributed by atoms with Crippen LogP contribution in [0.25, 0.3) is 11.5 Å². The van der Waals surface area contributed by atoms with E-state index in [4.69, 9.17) is 4.42 Å². The van der Waals surface area contributed by atoms with Gasteiger partial charge >= 0.3 is 0 Å². The Bertz CT molecular complexity index is 522. The van der Waals surface area contributed by atoms with Crippen molar-refractivity contribution in [3.63, 3.8) is 0 Å². The van der Waals surface area contributed by atoms with Gasteiger partial charge in [0.25, 0.3) is 0 Å². The maximum atomic E-state index is 11.4. The summed E-state index contributed by atoms with van der Waals surface area (Å²) in [7, 11) is 0. The molecule has 1 amide bonds. The topological polar surface area (TPSA) is 80.9 Å². The standard InChI is InChI=1S/C12H14N4O2/c1-8(2)11(17)14-7-10-15-16-12(18-10)9-4-3-5-13-6-9/h3-6,8H,7H2,1-2H3,(H,14,17). The van der Waals surface area contributed by atoms with Crippen LogP contribution in [0.4, 0.5) is 0 Å². The van der Waals surface area contributed by atoms with E-state index < -0.39 is 0 Å². The Morgan fingerprint density at radius 1 is 1.44 bits per heavy atom. The number of carbonyl (C=O) groups is 1. The molecule has 0 spiro atoms. The van der Waals surface area contributed by atoms with Gasteiger partial charge in [-0.05, 0) is 12.1 Å². The van der Waals surface area contributed by atoms with E-state index in [1.165, 1.54) is 0 Å². The minimum Gasteiger partial charge on any atom is -0.419 e. The van der Waals surface area contributed by atoms with E-state index in [-0.39, 0.29) is 18.4 Å². The highest BCUT2D eigenvalue weighted by Gasteiger charge is 2.11. The summed E-state index contributed by atoms with van der Waals surface area (Å²) in [6, 6.07) is 3.62. The molecule has 0 unspecified atom stereocenters. The quantitative estimate of drug-likeness (QED) is 0.882. The summed E-state index contributed by atoms with van der Waals surface area (Å²) in [4.78, 5) is 15.4. The summed E-state index contributed by atoms with van der Waals surface area (Å²) < 4.78 is 5.42. The van der Waals surface area contributed by atoms with Crippen LogP contribution in [-0.2, 0) is 11.3 Å². The van der Waals surface area contributed by atoms with Crippen LogP contribution in [0.1, 0.15) is 19.7 Å². The van der Waals surface area contributed by atoms with Gasteiger partial charge < -0.3 is 9.73 Å². The van der Waals surface area contributed by atoms with Crippen LogP contribution in [0.2, 0.25) is 0 Å². The molecule has 0 fully saturated rings. The van der Waals surface area contributed by atoms with E-state index in [1.807, 2.05) is 19.9 Å². The highest BCUT2D eigenvalue weighted by molar-refractivity contribution is 5.77. The third-order valence-corrected chi connectivity index (χ3v) is 2.31. The van der Waals surface area contributed by atoms with Crippen molar-refractivity contribution in [1.82, 2.24) is 20.5 Å². The first-order valence-corrected chi connectivity index (χ1v) is 5.67. The summed E-state index contributed by atoms with van der Waals surface area (Å²) >= 11 is 0. The van der Waals surface area contributed by atoms with Crippen LogP contribution in [0.15, 0.2) is 28.9 Å². The van der Waals surface area contributed by atoms with Crippen molar-refractivity contribution in [3.8, 4) is 11.5 Å². The van der Waals surface area contributed by atoms with Crippen molar-refractivity contribution < 1.29 is 9.21 Å². The van der Waals surface area contributed by atoms with Crippen molar-refractivity contribution in [2.45, 2.75) is 20.4 Å². The zero-order chi connectivity index (χ0) is 13.0. The molecule has 0 bridgehead atoms. The number of pyridine rings is 1. The third kappa shape index (κ3) is 2.91. The monoisotopic (exact) mass is 246 g/mol. The molecule has 0 saturated heterocycles. The van der Waals surface area contributed by atoms with Crippen LogP contribution >= 0.6 is 0 Å². The molecule has 0 atom stereocenters. The lowest BCUT2D eigenvalue weighted by Gasteiger charge is -2.03. The minimum atomic E-state index is -0.0642. The van der Waals surface area contributed by atoms with Gasteiger partial charge in [0.2, 0.25) is 17.7 Å². The largest absolute Gasteiger partial charge is 0.419 e. The molecule has 0 aromatic carbocycles. The van der Waals surface area contributed by atoms with Crippen LogP contribution in [-0.4, -0.2) is 21.1 Å². The lowest BCUT2D eigenvalue weighted by molar-refractivity contribution is -0.124. The first-order valence-electron chi connectivity index (χ1n) is 5.67. The lowest BCUT2D eigenvalue weighted by Crippen LogP contribution is -2.27. The second-order valence-corrected chi connectivity index (χ2v) is 4.12. The van der Waals surface area contributed by atoms with Gasteiger partial charge in [0.15, 0.2) is 0 Å². The van der Waals surface area contributed by atoms with Gasteiger partial charge in [-0.25, -0.2) is 0 Å². The van der Waals surface area contributed by atoms with Gasteiger partial charge in [-0.3, -0.25) is 9.78 Å². The molecule has 6 nitrogen and oxygen atoms in total. The maximum Gasteiger partial charge on any atom is 0.249 e. The van der Waals surface area contributed by atoms with E-state index in [1.54, 1.807) is 18.5 Å². The first kappa shape index (κ1) is 12.2. The molecule has 2 heterocycles. The predicted octanol–water partition coefficient (Wildman–Crippen LogP) is 1.40. The van der Waals surface area contributed by atoms with Crippen LogP contribution < -0.4 is 5.32 Å². The summed E-state index contributed by atoms with van der Waals surface area (Å²) in [5, 5.41) is 10.5. The normalized spacial score (nSPS) is 10.6. The molecule has 18 heavy (non-hydrogen) atoms. The molecule has 94 valence electrons. The van der Waals surface area contributed by atoms with Gasteiger partial charge in [0, 0.05) is 18.3 Å². The molecule has 0 radical (unpaired) electrons. The Kier molecular flexibility index (Phi) is 3.66. The molecule has 2 rings (SSSR count). The highest BCUT2D eigenvalue weighted by Crippen LogP contribution is 2.15. The van der Waals surface area contributed by atoms with Gasteiger partial charge in [-0.1, -0.05) is 13.8 Å². The summed E-state index contributed by atoms with van der Waals surface area (Å²) in [6.45, 7) is 3.89. The maximum absolute atomic E-state index is 11.4. The summed E-state index contributed by atoms with van der Waals surface area (Å²) in [5.41, 5.74) is 0.756. The van der Waals surface area contributed by atoms with E-state index in [0.717, 1.165) is 5.56 Å². The van der Waals surface area contributed by atoms with Gasteiger partial charge in [-0.2, -0.15) is 0 Å². The Morgan fingerprint density at radius 2 is 2.28 bits per heavy atom. The minimum absolute atomic E-state index is 0.0453. The number of nitrogens with one attached hydrogen (secondary N) is 1. The number of rotatable bonds is 4. The SMILES string of the molecule is CC(C)C(=O)NCc1nnc(-c2cccnc2)o1. The van der Waals surface area contributed by atoms with Gasteiger partial charge in [-0.15, -0.1) is 10.2 Å². The molecule has 0 aliphatic heterocycles. The molecular weight excluding hydrogens is 232 g/mol. The number of carbonyl (C=O) groups excluding carboxylic acids is 1. The average Bonchev–Trinajstić information content (AvgIpc) is 2.85. The molecule has 1 N–H and O–H groups in total. The lowest BCUT2D eigenvalue weighted by atomic mass is 10.2. The zero-order valence-corrected chi connectivity index (χ0v) is 10.3. The van der Waals surface area contributed by atoms with Crippen LogP contribution in [0.3, 0.4) is 0 Å². The number of nitrogens with zero attached hydrogens (tertiary/aromatic N) is 3. The van der Waals surface area contributed by atoms with E-state index in [2.05, 4.69) is 20.5 Å². The molecule has 0 saturated carbocycles.